The van der Waals surface area contributed by atoms with E-state index in [9.17, 15) is 4.79 Å². The minimum atomic E-state index is 0. The first-order valence-corrected chi connectivity index (χ1v) is 12.5. The number of carbonyl (C=O) groups excluding carboxylic acids is 1. The van der Waals surface area contributed by atoms with Crippen LogP contribution >= 0.6 is 23.7 Å². The van der Waals surface area contributed by atoms with E-state index in [1.165, 1.54) is 11.1 Å². The van der Waals surface area contributed by atoms with Gasteiger partial charge in [-0.2, -0.15) is 0 Å². The van der Waals surface area contributed by atoms with Crippen LogP contribution in [-0.2, 0) is 0 Å². The molecule has 2 aromatic carbocycles. The maximum atomic E-state index is 13.6. The van der Waals surface area contributed by atoms with Crippen LogP contribution in [-0.4, -0.2) is 55.1 Å². The topological polar surface area (TPSA) is 39.7 Å². The average molecular weight is 489 g/mol. The number of aryl methyl sites for hydroxylation is 2. The molecular formula is C26H37ClN4OS. The highest BCUT2D eigenvalue weighted by Gasteiger charge is 2.22. The van der Waals surface area contributed by atoms with Crippen LogP contribution in [0.1, 0.15) is 49.2 Å². The lowest BCUT2D eigenvalue weighted by atomic mass is 10.1. The van der Waals surface area contributed by atoms with Crippen molar-refractivity contribution in [3.63, 3.8) is 0 Å². The van der Waals surface area contributed by atoms with Crippen LogP contribution in [0.25, 0.3) is 10.2 Å². The van der Waals surface area contributed by atoms with E-state index in [-0.39, 0.29) is 18.3 Å². The maximum absolute atomic E-state index is 13.6. The molecule has 3 rings (SSSR count). The highest BCUT2D eigenvalue weighted by Crippen LogP contribution is 2.32. The normalized spacial score (nSPS) is 11.0. The molecule has 180 valence electrons. The van der Waals surface area contributed by atoms with Crippen LogP contribution in [0.4, 0.5) is 10.8 Å². The van der Waals surface area contributed by atoms with Gasteiger partial charge in [0, 0.05) is 37.4 Å². The number of benzene rings is 2. The van der Waals surface area contributed by atoms with E-state index < -0.39 is 0 Å². The highest BCUT2D eigenvalue weighted by molar-refractivity contribution is 7.22. The number of fused-ring (bicyclic) bond motifs is 1. The molecule has 5 nitrogen and oxygen atoms in total. The van der Waals surface area contributed by atoms with E-state index >= 15 is 0 Å². The lowest BCUT2D eigenvalue weighted by Gasteiger charge is -2.25. The number of likely N-dealkylation sites (N-methyl/N-ethyl adjacent to an activating group) is 1. The van der Waals surface area contributed by atoms with Crippen LogP contribution in [0.5, 0.6) is 0 Å². The standard InChI is InChI=1S/C26H36N4OS.ClH/c1-7-28(8-2)17-18-30(26-27-24-20(6)19(5)11-16-23(24)32-26)25(31)21-12-14-22(15-13-21)29(9-3)10-4;/h11-16H,7-10,17-18H2,1-6H3;1H. The predicted molar refractivity (Wildman–Crippen MR) is 146 cm³/mol. The molecular weight excluding hydrogens is 452 g/mol. The first-order chi connectivity index (χ1) is 15.4. The Labute approximate surface area is 208 Å². The van der Waals surface area contributed by atoms with Crippen molar-refractivity contribution in [3.05, 3.63) is 53.1 Å². The Hall–Kier alpha value is -2.15. The number of thiazole rings is 1. The summed E-state index contributed by atoms with van der Waals surface area (Å²) in [5.74, 6) is 0.0108. The number of carbonyl (C=O) groups is 1. The van der Waals surface area contributed by atoms with Gasteiger partial charge in [-0.15, -0.1) is 12.4 Å². The lowest BCUT2D eigenvalue weighted by molar-refractivity contribution is 0.0984. The van der Waals surface area contributed by atoms with Gasteiger partial charge in [-0.25, -0.2) is 4.98 Å². The van der Waals surface area contributed by atoms with Crippen molar-refractivity contribution in [3.8, 4) is 0 Å². The molecule has 7 heteroatoms. The van der Waals surface area contributed by atoms with Gasteiger partial charge >= 0.3 is 0 Å². The third kappa shape index (κ3) is 6.05. The Morgan fingerprint density at radius 2 is 1.52 bits per heavy atom. The smallest absolute Gasteiger partial charge is 0.260 e. The molecule has 33 heavy (non-hydrogen) atoms. The molecule has 0 aliphatic heterocycles. The van der Waals surface area contributed by atoms with E-state index in [1.807, 2.05) is 17.0 Å². The molecule has 0 radical (unpaired) electrons. The van der Waals surface area contributed by atoms with Crippen molar-refractivity contribution in [1.82, 2.24) is 9.88 Å². The third-order valence-electron chi connectivity index (χ3n) is 6.33. The quantitative estimate of drug-likeness (QED) is 0.342. The molecule has 0 saturated carbocycles. The van der Waals surface area contributed by atoms with Crippen molar-refractivity contribution in [2.45, 2.75) is 41.5 Å². The van der Waals surface area contributed by atoms with Gasteiger partial charge in [-0.3, -0.25) is 9.69 Å². The molecule has 0 N–H and O–H groups in total. The number of amides is 1. The molecule has 1 aromatic heterocycles. The second kappa shape index (κ2) is 12.4. The maximum Gasteiger partial charge on any atom is 0.260 e. The summed E-state index contributed by atoms with van der Waals surface area (Å²) >= 11 is 1.60. The zero-order valence-electron chi connectivity index (χ0n) is 20.7. The Morgan fingerprint density at radius 1 is 0.879 bits per heavy atom. The van der Waals surface area contributed by atoms with Gasteiger partial charge in [-0.05, 0) is 82.2 Å². The van der Waals surface area contributed by atoms with Gasteiger partial charge in [0.2, 0.25) is 0 Å². The number of anilines is 2. The van der Waals surface area contributed by atoms with E-state index in [0.29, 0.717) is 12.1 Å². The summed E-state index contributed by atoms with van der Waals surface area (Å²) in [6.45, 7) is 18.1. The fourth-order valence-corrected chi connectivity index (χ4v) is 5.00. The Morgan fingerprint density at radius 3 is 2.09 bits per heavy atom. The fraction of sp³-hybridized carbons (Fsp3) is 0.462. The Bertz CT molecular complexity index is 1040. The molecule has 0 aliphatic rings. The van der Waals surface area contributed by atoms with E-state index in [0.717, 1.165) is 53.8 Å². The van der Waals surface area contributed by atoms with Gasteiger partial charge < -0.3 is 9.80 Å². The lowest BCUT2D eigenvalue weighted by Crippen LogP contribution is -2.38. The van der Waals surface area contributed by atoms with Crippen molar-refractivity contribution in [1.29, 1.82) is 0 Å². The number of hydrogen-bond acceptors (Lipinski definition) is 5. The second-order valence-corrected chi connectivity index (χ2v) is 9.06. The van der Waals surface area contributed by atoms with Crippen molar-refractivity contribution >= 4 is 50.7 Å². The van der Waals surface area contributed by atoms with Crippen LogP contribution in [0, 0.1) is 13.8 Å². The van der Waals surface area contributed by atoms with Crippen LogP contribution in [0.3, 0.4) is 0 Å². The number of aromatic nitrogens is 1. The summed E-state index contributed by atoms with van der Waals surface area (Å²) < 4.78 is 1.13. The summed E-state index contributed by atoms with van der Waals surface area (Å²) in [6, 6.07) is 12.2. The number of halogens is 1. The Balaban J connectivity index is 0.00000385. The Kier molecular flexibility index (Phi) is 10.1. The molecule has 1 heterocycles. The molecule has 0 fully saturated rings. The van der Waals surface area contributed by atoms with E-state index in [4.69, 9.17) is 4.98 Å². The minimum Gasteiger partial charge on any atom is -0.372 e. The van der Waals surface area contributed by atoms with E-state index in [2.05, 4.69) is 75.6 Å². The first kappa shape index (κ1) is 27.1. The zero-order chi connectivity index (χ0) is 23.3. The molecule has 0 aliphatic carbocycles. The molecule has 0 saturated heterocycles. The summed E-state index contributed by atoms with van der Waals surface area (Å²) in [5, 5.41) is 0.777. The fourth-order valence-electron chi connectivity index (χ4n) is 3.95. The molecule has 3 aromatic rings. The van der Waals surface area contributed by atoms with Crippen LogP contribution in [0.15, 0.2) is 36.4 Å². The van der Waals surface area contributed by atoms with Gasteiger partial charge in [0.05, 0.1) is 10.2 Å². The molecule has 1 amide bonds. The highest BCUT2D eigenvalue weighted by atomic mass is 35.5. The van der Waals surface area contributed by atoms with Gasteiger partial charge in [0.1, 0.15) is 0 Å². The summed E-state index contributed by atoms with van der Waals surface area (Å²) in [4.78, 5) is 25.1. The largest absolute Gasteiger partial charge is 0.372 e. The van der Waals surface area contributed by atoms with Gasteiger partial charge in [-0.1, -0.05) is 31.3 Å². The van der Waals surface area contributed by atoms with Gasteiger partial charge in [0.15, 0.2) is 5.13 Å². The minimum absolute atomic E-state index is 0. The third-order valence-corrected chi connectivity index (χ3v) is 7.37. The number of hydrogen-bond donors (Lipinski definition) is 0. The monoisotopic (exact) mass is 488 g/mol. The van der Waals surface area contributed by atoms with Crippen molar-refractivity contribution < 1.29 is 4.79 Å². The molecule has 0 atom stereocenters. The molecule has 0 unspecified atom stereocenters. The summed E-state index contributed by atoms with van der Waals surface area (Å²) in [5.41, 5.74) is 5.26. The van der Waals surface area contributed by atoms with Crippen LogP contribution in [0.2, 0.25) is 0 Å². The molecule has 0 bridgehead atoms. The first-order valence-electron chi connectivity index (χ1n) is 11.7. The average Bonchev–Trinajstić information content (AvgIpc) is 3.25. The van der Waals surface area contributed by atoms with Crippen LogP contribution < -0.4 is 9.80 Å². The summed E-state index contributed by atoms with van der Waals surface area (Å²) in [7, 11) is 0. The zero-order valence-corrected chi connectivity index (χ0v) is 22.4. The number of rotatable bonds is 10. The predicted octanol–water partition coefficient (Wildman–Crippen LogP) is 6.17. The molecule has 0 spiro atoms. The summed E-state index contributed by atoms with van der Waals surface area (Å²) in [6.07, 6.45) is 0. The van der Waals surface area contributed by atoms with Gasteiger partial charge in [0.25, 0.3) is 5.91 Å². The SMILES string of the molecule is CCN(CC)CCN(C(=O)c1ccc(N(CC)CC)cc1)c1nc2c(C)c(C)ccc2s1.Cl. The van der Waals surface area contributed by atoms with Crippen molar-refractivity contribution in [2.75, 3.05) is 49.1 Å². The second-order valence-electron chi connectivity index (χ2n) is 8.05. The number of nitrogens with zero attached hydrogens (tertiary/aromatic N) is 4. The van der Waals surface area contributed by atoms with Crippen molar-refractivity contribution in [2.24, 2.45) is 0 Å². The van der Waals surface area contributed by atoms with E-state index in [1.54, 1.807) is 11.3 Å².